The molecule has 6 nitrogen and oxygen atoms in total. The summed E-state index contributed by atoms with van der Waals surface area (Å²) in [4.78, 5) is 22.9. The zero-order valence-corrected chi connectivity index (χ0v) is 13.7. The van der Waals surface area contributed by atoms with E-state index in [1.807, 2.05) is 0 Å². The van der Waals surface area contributed by atoms with Crippen molar-refractivity contribution in [2.24, 2.45) is 0 Å². The minimum Gasteiger partial charge on any atom is -0.375 e. The van der Waals surface area contributed by atoms with Crippen molar-refractivity contribution in [1.29, 1.82) is 0 Å². The van der Waals surface area contributed by atoms with E-state index in [4.69, 9.17) is 16.3 Å². The van der Waals surface area contributed by atoms with Crippen molar-refractivity contribution >= 4 is 47.2 Å². The molecule has 1 atom stereocenters. The van der Waals surface area contributed by atoms with Gasteiger partial charge in [0.1, 0.15) is 0 Å². The van der Waals surface area contributed by atoms with Gasteiger partial charge in [0.25, 0.3) is 0 Å². The monoisotopic (exact) mass is 347 g/mol. The molecule has 2 amide bonds. The third-order valence-electron chi connectivity index (χ3n) is 2.98. The average molecular weight is 348 g/mol. The summed E-state index contributed by atoms with van der Waals surface area (Å²) >= 11 is 6.05. The maximum absolute atomic E-state index is 11.9. The van der Waals surface area contributed by atoms with Crippen LogP contribution in [0.3, 0.4) is 0 Å². The Hall–Kier alpha value is -1.34. The van der Waals surface area contributed by atoms with Crippen LogP contribution < -0.4 is 16.0 Å². The zero-order valence-electron chi connectivity index (χ0n) is 12.1. The Morgan fingerprint density at radius 3 is 2.77 bits per heavy atom. The van der Waals surface area contributed by atoms with E-state index in [9.17, 15) is 9.59 Å². The summed E-state index contributed by atoms with van der Waals surface area (Å²) < 4.78 is 5.48. The molecule has 0 saturated carbocycles. The molecule has 8 heteroatoms. The van der Waals surface area contributed by atoms with Gasteiger partial charge in [0.2, 0.25) is 11.8 Å². The van der Waals surface area contributed by atoms with E-state index in [1.54, 1.807) is 18.2 Å². The van der Waals surface area contributed by atoms with E-state index in [0.717, 1.165) is 6.54 Å². The standard InChI is InChI=1S/C14H18ClN3O3.ClH/c1-9(19)17-13-3-2-10(6-12(13)15)18-14(20)7-11-8-16-4-5-21-11;/h2-3,6,11,16H,4-5,7-8H2,1H3,(H,17,19)(H,18,20);1H. The van der Waals surface area contributed by atoms with Crippen molar-refractivity contribution in [2.75, 3.05) is 30.3 Å². The van der Waals surface area contributed by atoms with Crippen LogP contribution in [0.25, 0.3) is 0 Å². The van der Waals surface area contributed by atoms with E-state index < -0.39 is 0 Å². The largest absolute Gasteiger partial charge is 0.375 e. The Labute approximate surface area is 140 Å². The van der Waals surface area contributed by atoms with Crippen molar-refractivity contribution < 1.29 is 14.3 Å². The summed E-state index contributed by atoms with van der Waals surface area (Å²) in [7, 11) is 0. The molecule has 3 N–H and O–H groups in total. The van der Waals surface area contributed by atoms with E-state index >= 15 is 0 Å². The summed E-state index contributed by atoms with van der Waals surface area (Å²) in [6.07, 6.45) is 0.186. The fourth-order valence-corrected chi connectivity index (χ4v) is 2.28. The first-order chi connectivity index (χ1) is 10.0. The number of nitrogens with one attached hydrogen (secondary N) is 3. The van der Waals surface area contributed by atoms with Gasteiger partial charge in [0.15, 0.2) is 0 Å². The first-order valence-corrected chi connectivity index (χ1v) is 7.11. The minimum atomic E-state index is -0.198. The lowest BCUT2D eigenvalue weighted by Gasteiger charge is -2.23. The lowest BCUT2D eigenvalue weighted by Crippen LogP contribution is -2.40. The maximum atomic E-state index is 11.9. The molecule has 0 spiro atoms. The van der Waals surface area contributed by atoms with Gasteiger partial charge in [-0.25, -0.2) is 0 Å². The molecule has 1 unspecified atom stereocenters. The van der Waals surface area contributed by atoms with Gasteiger partial charge in [-0.15, -0.1) is 12.4 Å². The van der Waals surface area contributed by atoms with Crippen LogP contribution in [-0.4, -0.2) is 37.6 Å². The number of ether oxygens (including phenoxy) is 1. The third-order valence-corrected chi connectivity index (χ3v) is 3.29. The minimum absolute atomic E-state index is 0. The van der Waals surface area contributed by atoms with Crippen LogP contribution in [0.1, 0.15) is 13.3 Å². The van der Waals surface area contributed by atoms with Gasteiger partial charge in [-0.1, -0.05) is 11.6 Å². The summed E-state index contributed by atoms with van der Waals surface area (Å²) in [5.41, 5.74) is 1.10. The highest BCUT2D eigenvalue weighted by Gasteiger charge is 2.17. The van der Waals surface area contributed by atoms with Crippen LogP contribution in [0.5, 0.6) is 0 Å². The molecule has 0 radical (unpaired) electrons. The van der Waals surface area contributed by atoms with Crippen molar-refractivity contribution in [2.45, 2.75) is 19.4 Å². The van der Waals surface area contributed by atoms with Crippen LogP contribution in [-0.2, 0) is 14.3 Å². The highest BCUT2D eigenvalue weighted by molar-refractivity contribution is 6.34. The quantitative estimate of drug-likeness (QED) is 0.778. The van der Waals surface area contributed by atoms with Crippen LogP contribution in [0.2, 0.25) is 5.02 Å². The summed E-state index contributed by atoms with van der Waals surface area (Å²) in [5.74, 6) is -0.331. The van der Waals surface area contributed by atoms with Crippen LogP contribution in [0.15, 0.2) is 18.2 Å². The number of amides is 2. The predicted molar refractivity (Wildman–Crippen MR) is 88.9 cm³/mol. The number of rotatable bonds is 4. The smallest absolute Gasteiger partial charge is 0.227 e. The highest BCUT2D eigenvalue weighted by Crippen LogP contribution is 2.25. The van der Waals surface area contributed by atoms with Crippen LogP contribution in [0.4, 0.5) is 11.4 Å². The molecule has 0 aliphatic carbocycles. The van der Waals surface area contributed by atoms with Crippen molar-refractivity contribution in [3.05, 3.63) is 23.2 Å². The second kappa shape index (κ2) is 8.95. The molecule has 1 aromatic rings. The van der Waals surface area contributed by atoms with E-state index in [2.05, 4.69) is 16.0 Å². The Morgan fingerprint density at radius 1 is 1.41 bits per heavy atom. The average Bonchev–Trinajstić information content (AvgIpc) is 2.42. The van der Waals surface area contributed by atoms with Gasteiger partial charge in [0, 0.05) is 25.7 Å². The summed E-state index contributed by atoms with van der Waals surface area (Å²) in [6.45, 7) is 3.52. The zero-order chi connectivity index (χ0) is 15.2. The molecule has 2 rings (SSSR count). The Bertz CT molecular complexity index is 534. The number of morpholine rings is 1. The second-order valence-electron chi connectivity index (χ2n) is 4.83. The number of hydrogen-bond donors (Lipinski definition) is 3. The first-order valence-electron chi connectivity index (χ1n) is 6.74. The Balaban J connectivity index is 0.00000242. The topological polar surface area (TPSA) is 79.5 Å². The third kappa shape index (κ3) is 5.81. The highest BCUT2D eigenvalue weighted by atomic mass is 35.5. The van der Waals surface area contributed by atoms with Gasteiger partial charge >= 0.3 is 0 Å². The van der Waals surface area contributed by atoms with Gasteiger partial charge in [-0.05, 0) is 18.2 Å². The normalized spacial score (nSPS) is 17.3. The summed E-state index contributed by atoms with van der Waals surface area (Å²) in [6, 6.07) is 4.94. The molecule has 1 aliphatic heterocycles. The van der Waals surface area contributed by atoms with Gasteiger partial charge in [-0.2, -0.15) is 0 Å². The molecule has 0 aromatic heterocycles. The number of benzene rings is 1. The molecule has 1 aliphatic rings. The molecule has 1 heterocycles. The van der Waals surface area contributed by atoms with Gasteiger partial charge < -0.3 is 20.7 Å². The van der Waals surface area contributed by atoms with Crippen molar-refractivity contribution in [3.63, 3.8) is 0 Å². The summed E-state index contributed by atoms with van der Waals surface area (Å²) in [5, 5.41) is 8.92. The predicted octanol–water partition coefficient (Wildman–Crippen LogP) is 2.04. The SMILES string of the molecule is CC(=O)Nc1ccc(NC(=O)CC2CNCCO2)cc1Cl.Cl. The Morgan fingerprint density at radius 2 is 2.18 bits per heavy atom. The van der Waals surface area contributed by atoms with Crippen molar-refractivity contribution in [3.8, 4) is 0 Å². The molecule has 1 aromatic carbocycles. The number of halogens is 2. The van der Waals surface area contributed by atoms with Crippen molar-refractivity contribution in [1.82, 2.24) is 5.32 Å². The number of anilines is 2. The number of carbonyl (C=O) groups excluding carboxylic acids is 2. The molecular weight excluding hydrogens is 329 g/mol. The van der Waals surface area contributed by atoms with Crippen LogP contribution >= 0.6 is 24.0 Å². The Kier molecular flexibility index (Phi) is 7.61. The molecular formula is C14H19Cl2N3O3. The second-order valence-corrected chi connectivity index (χ2v) is 5.23. The van der Waals surface area contributed by atoms with E-state index in [-0.39, 0.29) is 36.7 Å². The number of carbonyl (C=O) groups is 2. The molecule has 22 heavy (non-hydrogen) atoms. The number of hydrogen-bond acceptors (Lipinski definition) is 4. The van der Waals surface area contributed by atoms with Gasteiger partial charge in [0.05, 0.1) is 29.8 Å². The van der Waals surface area contributed by atoms with Gasteiger partial charge in [-0.3, -0.25) is 9.59 Å². The fourth-order valence-electron chi connectivity index (χ4n) is 2.05. The van der Waals surface area contributed by atoms with Crippen LogP contribution in [0, 0.1) is 0 Å². The lowest BCUT2D eigenvalue weighted by atomic mass is 10.2. The first kappa shape index (κ1) is 18.7. The molecule has 1 saturated heterocycles. The fraction of sp³-hybridized carbons (Fsp3) is 0.429. The van der Waals surface area contributed by atoms with E-state index in [1.165, 1.54) is 6.92 Å². The lowest BCUT2D eigenvalue weighted by molar-refractivity contribution is -0.119. The maximum Gasteiger partial charge on any atom is 0.227 e. The molecule has 122 valence electrons. The van der Waals surface area contributed by atoms with E-state index in [0.29, 0.717) is 29.5 Å². The molecule has 1 fully saturated rings. The molecule has 0 bridgehead atoms.